The van der Waals surface area contributed by atoms with Crippen molar-refractivity contribution in [3.8, 4) is 0 Å². The van der Waals surface area contributed by atoms with E-state index in [2.05, 4.69) is 25.6 Å². The van der Waals surface area contributed by atoms with Gasteiger partial charge in [0.1, 0.15) is 23.6 Å². The first-order valence-electron chi connectivity index (χ1n) is 7.48. The Morgan fingerprint density at radius 3 is 2.48 bits per heavy atom. The number of hydrogen-bond acceptors (Lipinski definition) is 5. The molecule has 0 unspecified atom stereocenters. The first kappa shape index (κ1) is 18.7. The van der Waals surface area contributed by atoms with Crippen molar-refractivity contribution >= 4 is 28.5 Å². The van der Waals surface area contributed by atoms with Crippen LogP contribution in [0.5, 0.6) is 0 Å². The van der Waals surface area contributed by atoms with Crippen LogP contribution in [0, 0.1) is 0 Å². The van der Waals surface area contributed by atoms with E-state index in [1.165, 1.54) is 25.4 Å². The predicted molar refractivity (Wildman–Crippen MR) is 85.7 cm³/mol. The van der Waals surface area contributed by atoms with Crippen molar-refractivity contribution in [3.63, 3.8) is 0 Å². The Hall–Kier alpha value is -3.05. The number of anilines is 3. The molecular formula is C15H12F6N6. The van der Waals surface area contributed by atoms with Crippen molar-refractivity contribution in [1.29, 1.82) is 0 Å². The van der Waals surface area contributed by atoms with Crippen molar-refractivity contribution in [2.75, 3.05) is 17.7 Å². The van der Waals surface area contributed by atoms with Crippen molar-refractivity contribution < 1.29 is 26.3 Å². The van der Waals surface area contributed by atoms with Crippen LogP contribution in [0.3, 0.4) is 0 Å². The van der Waals surface area contributed by atoms with Gasteiger partial charge >= 0.3 is 12.4 Å². The molecule has 2 N–H and O–H groups in total. The van der Waals surface area contributed by atoms with Gasteiger partial charge in [-0.25, -0.2) is 9.97 Å². The molecule has 0 radical (unpaired) electrons. The van der Waals surface area contributed by atoms with Gasteiger partial charge < -0.3 is 15.2 Å². The van der Waals surface area contributed by atoms with Crippen LogP contribution in [0.15, 0.2) is 30.7 Å². The van der Waals surface area contributed by atoms with Gasteiger partial charge in [0.2, 0.25) is 5.95 Å². The average Bonchev–Trinajstić information content (AvgIpc) is 2.90. The van der Waals surface area contributed by atoms with Crippen molar-refractivity contribution in [1.82, 2.24) is 19.5 Å². The maximum absolute atomic E-state index is 12.9. The Morgan fingerprint density at radius 2 is 1.85 bits per heavy atom. The zero-order valence-corrected chi connectivity index (χ0v) is 13.7. The van der Waals surface area contributed by atoms with Crippen LogP contribution in [0.25, 0.3) is 11.0 Å². The van der Waals surface area contributed by atoms with Gasteiger partial charge in [0, 0.05) is 31.0 Å². The number of aromatic nitrogens is 4. The highest BCUT2D eigenvalue weighted by atomic mass is 19.4. The fourth-order valence-corrected chi connectivity index (χ4v) is 2.50. The lowest BCUT2D eigenvalue weighted by molar-refractivity contribution is -0.140. The second-order valence-electron chi connectivity index (χ2n) is 5.49. The Morgan fingerprint density at radius 1 is 1.11 bits per heavy atom. The standard InChI is InChI=1S/C15H12F6N6/c1-22-11-9(15(19,20)21)5-24-13(26-11)25-10-6-27(7-14(16,17)18)12-8(10)3-2-4-23-12/h2-6H,7H2,1H3,(H2,22,24,25,26). The van der Waals surface area contributed by atoms with Crippen molar-refractivity contribution in [3.05, 3.63) is 36.3 Å². The van der Waals surface area contributed by atoms with Gasteiger partial charge in [0.25, 0.3) is 0 Å². The van der Waals surface area contributed by atoms with Gasteiger partial charge in [-0.05, 0) is 12.1 Å². The summed E-state index contributed by atoms with van der Waals surface area (Å²) < 4.78 is 77.9. The summed E-state index contributed by atoms with van der Waals surface area (Å²) in [5, 5.41) is 5.32. The number of rotatable bonds is 4. The minimum absolute atomic E-state index is 0.0677. The molecule has 0 spiro atoms. The van der Waals surface area contributed by atoms with E-state index in [4.69, 9.17) is 0 Å². The largest absolute Gasteiger partial charge is 0.421 e. The smallest absolute Gasteiger partial charge is 0.372 e. The molecule has 0 saturated carbocycles. The van der Waals surface area contributed by atoms with Gasteiger partial charge in [-0.15, -0.1) is 0 Å². The number of fused-ring (bicyclic) bond motifs is 1. The zero-order chi connectivity index (χ0) is 19.8. The van der Waals surface area contributed by atoms with Crippen LogP contribution >= 0.6 is 0 Å². The normalized spacial score (nSPS) is 12.4. The van der Waals surface area contributed by atoms with Gasteiger partial charge in [0.05, 0.1) is 5.69 Å². The zero-order valence-electron chi connectivity index (χ0n) is 13.7. The number of alkyl halides is 6. The maximum Gasteiger partial charge on any atom is 0.421 e. The van der Waals surface area contributed by atoms with Crippen LogP contribution in [0.1, 0.15) is 5.56 Å². The molecule has 0 aromatic carbocycles. The summed E-state index contributed by atoms with van der Waals surface area (Å²) in [5.41, 5.74) is -0.807. The van der Waals surface area contributed by atoms with E-state index in [1.807, 2.05) is 0 Å². The van der Waals surface area contributed by atoms with E-state index in [-0.39, 0.29) is 17.3 Å². The molecular weight excluding hydrogens is 378 g/mol. The molecule has 144 valence electrons. The molecule has 0 aliphatic heterocycles. The SMILES string of the molecule is CNc1nc(Nc2cn(CC(F)(F)F)c3ncccc23)ncc1C(F)(F)F. The van der Waals surface area contributed by atoms with E-state index in [9.17, 15) is 26.3 Å². The third-order valence-electron chi connectivity index (χ3n) is 3.56. The van der Waals surface area contributed by atoms with Gasteiger partial charge in [0.15, 0.2) is 0 Å². The summed E-state index contributed by atoms with van der Waals surface area (Å²) in [6.45, 7) is -1.27. The molecule has 3 heterocycles. The minimum Gasteiger partial charge on any atom is -0.372 e. The summed E-state index contributed by atoms with van der Waals surface area (Å²) in [6.07, 6.45) is -6.03. The molecule has 3 rings (SSSR count). The van der Waals surface area contributed by atoms with E-state index < -0.39 is 30.3 Å². The molecule has 12 heteroatoms. The van der Waals surface area contributed by atoms with Gasteiger partial charge in [-0.2, -0.15) is 31.3 Å². The van der Waals surface area contributed by atoms with Crippen molar-refractivity contribution in [2.24, 2.45) is 0 Å². The first-order valence-corrected chi connectivity index (χ1v) is 7.48. The molecule has 0 aliphatic carbocycles. The highest BCUT2D eigenvalue weighted by molar-refractivity contribution is 5.91. The van der Waals surface area contributed by atoms with Gasteiger partial charge in [-0.3, -0.25) is 0 Å². The minimum atomic E-state index is -4.65. The summed E-state index contributed by atoms with van der Waals surface area (Å²) >= 11 is 0. The summed E-state index contributed by atoms with van der Waals surface area (Å²) in [6, 6.07) is 3.05. The fourth-order valence-electron chi connectivity index (χ4n) is 2.50. The molecule has 3 aromatic rings. The topological polar surface area (TPSA) is 67.7 Å². The number of halogens is 6. The monoisotopic (exact) mass is 390 g/mol. The van der Waals surface area contributed by atoms with Crippen molar-refractivity contribution in [2.45, 2.75) is 18.9 Å². The summed E-state index contributed by atoms with van der Waals surface area (Å²) in [7, 11) is 1.26. The lowest BCUT2D eigenvalue weighted by Gasteiger charge is -2.12. The first-order chi connectivity index (χ1) is 12.6. The third kappa shape index (κ3) is 4.04. The molecule has 0 saturated heterocycles. The fraction of sp³-hybridized carbons (Fsp3) is 0.267. The molecule has 0 amide bonds. The van der Waals surface area contributed by atoms with Gasteiger partial charge in [-0.1, -0.05) is 0 Å². The second kappa shape index (κ2) is 6.59. The quantitative estimate of drug-likeness (QED) is 0.654. The third-order valence-corrected chi connectivity index (χ3v) is 3.56. The lowest BCUT2D eigenvalue weighted by Crippen LogP contribution is -2.17. The van der Waals surface area contributed by atoms with Crippen LogP contribution < -0.4 is 10.6 Å². The van der Waals surface area contributed by atoms with E-state index in [0.717, 1.165) is 10.8 Å². The lowest BCUT2D eigenvalue weighted by atomic mass is 10.3. The molecule has 3 aromatic heterocycles. The molecule has 0 fully saturated rings. The summed E-state index contributed by atoms with van der Waals surface area (Å²) in [4.78, 5) is 11.3. The van der Waals surface area contributed by atoms with E-state index in [0.29, 0.717) is 11.6 Å². The Bertz CT molecular complexity index is 962. The number of nitrogens with one attached hydrogen (secondary N) is 2. The molecule has 6 nitrogen and oxygen atoms in total. The number of hydrogen-bond donors (Lipinski definition) is 2. The predicted octanol–water partition coefficient (Wildman–Crippen LogP) is 4.19. The molecule has 0 bridgehead atoms. The Balaban J connectivity index is 2.00. The molecule has 0 aliphatic rings. The molecule has 0 atom stereocenters. The van der Waals surface area contributed by atoms with Crippen LogP contribution in [-0.2, 0) is 12.7 Å². The van der Waals surface area contributed by atoms with E-state index >= 15 is 0 Å². The van der Waals surface area contributed by atoms with Crippen LogP contribution in [-0.4, -0.2) is 32.7 Å². The maximum atomic E-state index is 12.9. The van der Waals surface area contributed by atoms with Crippen LogP contribution in [0.4, 0.5) is 43.8 Å². The van der Waals surface area contributed by atoms with Crippen LogP contribution in [0.2, 0.25) is 0 Å². The Kier molecular flexibility index (Phi) is 4.57. The number of pyridine rings is 1. The Labute approximate surface area is 148 Å². The highest BCUT2D eigenvalue weighted by Crippen LogP contribution is 2.34. The highest BCUT2D eigenvalue weighted by Gasteiger charge is 2.35. The number of nitrogens with zero attached hydrogens (tertiary/aromatic N) is 4. The second-order valence-corrected chi connectivity index (χ2v) is 5.49. The molecule has 27 heavy (non-hydrogen) atoms. The summed E-state index contributed by atoms with van der Waals surface area (Å²) in [5.74, 6) is -0.667. The van der Waals surface area contributed by atoms with E-state index in [1.54, 1.807) is 0 Å². The average molecular weight is 390 g/mol.